The fourth-order valence-electron chi connectivity index (χ4n) is 2.62. The average molecular weight is 435 g/mol. The molecule has 0 aromatic carbocycles. The molecule has 108 valence electrons. The van der Waals surface area contributed by atoms with Crippen molar-refractivity contribution in [3.63, 3.8) is 0 Å². The van der Waals surface area contributed by atoms with Gasteiger partial charge in [0.05, 0.1) is 24.2 Å². The molecule has 1 aromatic rings. The Morgan fingerprint density at radius 2 is 2.15 bits per heavy atom. The Hall–Kier alpha value is 0.290. The number of alkyl halides is 1. The molecule has 3 rings (SSSR count). The number of thioether (sulfide) groups is 1. The van der Waals surface area contributed by atoms with Crippen LogP contribution in [0.4, 0.5) is 5.69 Å². The van der Waals surface area contributed by atoms with Gasteiger partial charge in [0.1, 0.15) is 0 Å². The van der Waals surface area contributed by atoms with Gasteiger partial charge in [-0.25, -0.2) is 0 Å². The predicted molar refractivity (Wildman–Crippen MR) is 99.9 cm³/mol. The number of anilines is 1. The van der Waals surface area contributed by atoms with Crippen LogP contribution >= 0.6 is 55.0 Å². The van der Waals surface area contributed by atoms with E-state index in [-0.39, 0.29) is 0 Å². The van der Waals surface area contributed by atoms with E-state index in [1.807, 2.05) is 23.1 Å². The van der Waals surface area contributed by atoms with Gasteiger partial charge in [0.15, 0.2) is 0 Å². The second-order valence-electron chi connectivity index (χ2n) is 5.04. The maximum atomic E-state index is 3.71. The molecule has 0 radical (unpaired) electrons. The summed E-state index contributed by atoms with van der Waals surface area (Å²) in [6, 6.07) is 2.26. The molecule has 0 fully saturated rings. The summed E-state index contributed by atoms with van der Waals surface area (Å²) in [4.78, 5) is 5.30. The zero-order valence-corrected chi connectivity index (χ0v) is 16.2. The molecule has 1 nitrogen and oxygen atoms in total. The third-order valence-electron chi connectivity index (χ3n) is 3.57. The van der Waals surface area contributed by atoms with Crippen LogP contribution in [0.5, 0.6) is 0 Å². The molecule has 5 heteroatoms. The lowest BCUT2D eigenvalue weighted by molar-refractivity contribution is 0.663. The summed E-state index contributed by atoms with van der Waals surface area (Å²) in [5, 5.41) is 0. The number of fused-ring (bicyclic) bond motifs is 2. The van der Waals surface area contributed by atoms with E-state index in [1.54, 1.807) is 0 Å². The van der Waals surface area contributed by atoms with Crippen LogP contribution in [-0.4, -0.2) is 10.7 Å². The molecule has 3 heterocycles. The zero-order chi connectivity index (χ0) is 14.1. The summed E-state index contributed by atoms with van der Waals surface area (Å²) in [5.41, 5.74) is 2.77. The number of thiophene rings is 1. The molecular formula is C15H17Br2NS2. The minimum absolute atomic E-state index is 0.416. The monoisotopic (exact) mass is 433 g/mol. The predicted octanol–water partition coefficient (Wildman–Crippen LogP) is 6.60. The van der Waals surface area contributed by atoms with E-state index in [0.717, 1.165) is 6.54 Å². The highest BCUT2D eigenvalue weighted by atomic mass is 79.9. The van der Waals surface area contributed by atoms with Gasteiger partial charge in [0.25, 0.3) is 0 Å². The first kappa shape index (κ1) is 15.2. The van der Waals surface area contributed by atoms with Crippen LogP contribution in [0, 0.1) is 0 Å². The van der Waals surface area contributed by atoms with Gasteiger partial charge in [-0.15, -0.1) is 23.1 Å². The van der Waals surface area contributed by atoms with E-state index < -0.39 is 0 Å². The highest BCUT2D eigenvalue weighted by Gasteiger charge is 2.30. The first-order chi connectivity index (χ1) is 9.69. The molecule has 1 aromatic heterocycles. The van der Waals surface area contributed by atoms with Crippen molar-refractivity contribution in [2.24, 2.45) is 0 Å². The Morgan fingerprint density at radius 1 is 1.30 bits per heavy atom. The van der Waals surface area contributed by atoms with Crippen LogP contribution in [0.2, 0.25) is 0 Å². The number of hydrogen-bond donors (Lipinski definition) is 0. The van der Waals surface area contributed by atoms with Gasteiger partial charge in [-0.05, 0) is 40.6 Å². The van der Waals surface area contributed by atoms with Crippen LogP contribution in [0.15, 0.2) is 26.5 Å². The molecule has 0 amide bonds. The molecule has 0 bridgehead atoms. The van der Waals surface area contributed by atoms with Crippen LogP contribution in [0.25, 0.3) is 6.08 Å². The van der Waals surface area contributed by atoms with Gasteiger partial charge in [-0.2, -0.15) is 0 Å². The minimum atomic E-state index is 0.416. The number of hydrogen-bond acceptors (Lipinski definition) is 3. The Bertz CT molecular complexity index is 562. The highest BCUT2D eigenvalue weighted by Crippen LogP contribution is 2.50. The maximum Gasteiger partial charge on any atom is 0.0851 e. The summed E-state index contributed by atoms with van der Waals surface area (Å²) < 4.78 is 1.64. The lowest BCUT2D eigenvalue weighted by Gasteiger charge is -2.29. The van der Waals surface area contributed by atoms with Crippen LogP contribution in [-0.2, 0) is 0 Å². The summed E-state index contributed by atoms with van der Waals surface area (Å²) >= 11 is 11.1. The average Bonchev–Trinajstić information content (AvgIpc) is 2.94. The van der Waals surface area contributed by atoms with Crippen LogP contribution < -0.4 is 4.90 Å². The quantitative estimate of drug-likeness (QED) is 0.379. The van der Waals surface area contributed by atoms with Crippen molar-refractivity contribution >= 4 is 66.7 Å². The molecule has 0 N–H and O–H groups in total. The summed E-state index contributed by atoms with van der Waals surface area (Å²) in [6.07, 6.45) is 9.90. The second kappa shape index (κ2) is 6.59. The normalized spacial score (nSPS) is 20.6. The minimum Gasteiger partial charge on any atom is -0.340 e. The Kier molecular flexibility index (Phi) is 5.01. The van der Waals surface area contributed by atoms with Crippen LogP contribution in [0.3, 0.4) is 0 Å². The lowest BCUT2D eigenvalue weighted by atomic mass is 10.1. The van der Waals surface area contributed by atoms with E-state index in [4.69, 9.17) is 0 Å². The van der Waals surface area contributed by atoms with Crippen molar-refractivity contribution in [2.45, 2.75) is 36.8 Å². The third kappa shape index (κ3) is 3.06. The molecule has 1 atom stereocenters. The van der Waals surface area contributed by atoms with Crippen molar-refractivity contribution in [3.05, 3.63) is 31.4 Å². The number of rotatable bonds is 5. The zero-order valence-electron chi connectivity index (χ0n) is 11.4. The van der Waals surface area contributed by atoms with Crippen molar-refractivity contribution in [3.8, 4) is 0 Å². The van der Waals surface area contributed by atoms with Crippen molar-refractivity contribution < 1.29 is 0 Å². The van der Waals surface area contributed by atoms with Gasteiger partial charge in [-0.1, -0.05) is 42.1 Å². The molecule has 0 aliphatic carbocycles. The van der Waals surface area contributed by atoms with Gasteiger partial charge < -0.3 is 4.90 Å². The van der Waals surface area contributed by atoms with Gasteiger partial charge >= 0.3 is 0 Å². The highest BCUT2D eigenvalue weighted by molar-refractivity contribution is 9.11. The maximum absolute atomic E-state index is 3.71. The van der Waals surface area contributed by atoms with Crippen molar-refractivity contribution in [1.29, 1.82) is 0 Å². The summed E-state index contributed by atoms with van der Waals surface area (Å²) in [6.45, 7) is 3.39. The first-order valence-corrected chi connectivity index (χ1v) is 10.4. The van der Waals surface area contributed by atoms with Crippen molar-refractivity contribution in [2.75, 3.05) is 11.4 Å². The summed E-state index contributed by atoms with van der Waals surface area (Å²) in [5.74, 6) is 0. The molecule has 2 aliphatic rings. The van der Waals surface area contributed by atoms with E-state index in [0.29, 0.717) is 4.16 Å². The topological polar surface area (TPSA) is 3.24 Å². The van der Waals surface area contributed by atoms with Gasteiger partial charge in [0, 0.05) is 11.4 Å². The van der Waals surface area contributed by atoms with Gasteiger partial charge in [0.2, 0.25) is 0 Å². The molecule has 0 saturated heterocycles. The van der Waals surface area contributed by atoms with Crippen molar-refractivity contribution in [1.82, 2.24) is 0 Å². The Morgan fingerprint density at radius 3 is 2.95 bits per heavy atom. The van der Waals surface area contributed by atoms with E-state index >= 15 is 0 Å². The molecule has 0 saturated carbocycles. The molecular weight excluding hydrogens is 418 g/mol. The van der Waals surface area contributed by atoms with E-state index in [1.165, 1.54) is 50.6 Å². The van der Waals surface area contributed by atoms with E-state index in [2.05, 4.69) is 61.9 Å². The summed E-state index contributed by atoms with van der Waals surface area (Å²) in [7, 11) is 0. The Balaban J connectivity index is 1.84. The molecule has 0 spiro atoms. The fourth-order valence-corrected chi connectivity index (χ4v) is 6.04. The standard InChI is InChI=1S/C15H17Br2NS2/c1-2-3-4-5-6-18-10-7-14(16)19-12(10)9-13-11(18)8-15(17)20-13/h7-9,14H,2-6H2,1H3. The second-order valence-corrected chi connectivity index (χ2v) is 10.3. The fraction of sp³-hybridized carbons (Fsp3) is 0.467. The molecule has 20 heavy (non-hydrogen) atoms. The number of unbranched alkanes of at least 4 members (excludes halogenated alkanes) is 3. The molecule has 1 unspecified atom stereocenters. The van der Waals surface area contributed by atoms with E-state index in [9.17, 15) is 0 Å². The Labute approximate surface area is 145 Å². The number of nitrogens with zero attached hydrogens (tertiary/aromatic N) is 1. The first-order valence-electron chi connectivity index (χ1n) is 7.00. The molecule has 2 aliphatic heterocycles. The van der Waals surface area contributed by atoms with Gasteiger partial charge in [-0.3, -0.25) is 0 Å². The van der Waals surface area contributed by atoms with Crippen LogP contribution in [0.1, 0.15) is 37.5 Å². The SMILES string of the molecule is CCCCCCN1C2=CC(Br)SC2=Cc2sc(Br)cc21. The smallest absolute Gasteiger partial charge is 0.0851 e. The largest absolute Gasteiger partial charge is 0.340 e. The number of halogens is 2. The lowest BCUT2D eigenvalue weighted by Crippen LogP contribution is -2.25. The third-order valence-corrected chi connectivity index (χ3v) is 6.91.